The van der Waals surface area contributed by atoms with E-state index in [2.05, 4.69) is 11.5 Å². The van der Waals surface area contributed by atoms with Gasteiger partial charge >= 0.3 is 6.18 Å². The van der Waals surface area contributed by atoms with Crippen molar-refractivity contribution in [3.8, 4) is 0 Å². The van der Waals surface area contributed by atoms with Crippen LogP contribution in [-0.4, -0.2) is 48.4 Å². The molecule has 1 aromatic rings. The molecule has 0 atom stereocenters. The highest BCUT2D eigenvalue weighted by atomic mass is 19.4. The molecule has 1 aliphatic heterocycles. The van der Waals surface area contributed by atoms with Gasteiger partial charge in [0, 0.05) is 38.8 Å². The molecular weight excluding hydrogens is 324 g/mol. The maximum atomic E-state index is 13.2. The van der Waals surface area contributed by atoms with E-state index in [-0.39, 0.29) is 11.5 Å². The van der Waals surface area contributed by atoms with Gasteiger partial charge in [0.1, 0.15) is 5.82 Å². The second kappa shape index (κ2) is 7.61. The van der Waals surface area contributed by atoms with E-state index in [0.29, 0.717) is 19.2 Å². The van der Waals surface area contributed by atoms with Crippen molar-refractivity contribution in [1.29, 1.82) is 0 Å². The fraction of sp³-hybridized carbons (Fsp3) is 0.353. The zero-order valence-corrected chi connectivity index (χ0v) is 13.0. The molecule has 1 heterocycles. The van der Waals surface area contributed by atoms with Crippen LogP contribution in [0.15, 0.2) is 36.9 Å². The average molecular weight is 342 g/mol. The predicted molar refractivity (Wildman–Crippen MR) is 83.7 cm³/mol. The van der Waals surface area contributed by atoms with Crippen LogP contribution in [-0.2, 0) is 11.0 Å². The van der Waals surface area contributed by atoms with Crippen LogP contribution in [0.2, 0.25) is 0 Å². The summed E-state index contributed by atoms with van der Waals surface area (Å²) >= 11 is 0. The van der Waals surface area contributed by atoms with Crippen molar-refractivity contribution >= 4 is 12.0 Å². The topological polar surface area (TPSA) is 23.6 Å². The fourth-order valence-corrected chi connectivity index (χ4v) is 2.47. The third-order valence-electron chi connectivity index (χ3n) is 3.79. The molecule has 1 aliphatic rings. The van der Waals surface area contributed by atoms with Crippen LogP contribution in [0.5, 0.6) is 0 Å². The van der Waals surface area contributed by atoms with E-state index in [1.165, 1.54) is 18.2 Å². The summed E-state index contributed by atoms with van der Waals surface area (Å²) in [5.41, 5.74) is -1.21. The minimum atomic E-state index is -4.76. The quantitative estimate of drug-likeness (QED) is 0.477. The molecule has 0 unspecified atom stereocenters. The van der Waals surface area contributed by atoms with Crippen molar-refractivity contribution in [2.45, 2.75) is 6.18 Å². The lowest BCUT2D eigenvalue weighted by Crippen LogP contribution is -2.48. The van der Waals surface area contributed by atoms with E-state index in [1.54, 1.807) is 11.0 Å². The number of piperazine rings is 1. The summed E-state index contributed by atoms with van der Waals surface area (Å²) in [5.74, 6) is -1.60. The van der Waals surface area contributed by atoms with E-state index >= 15 is 0 Å². The lowest BCUT2D eigenvalue weighted by molar-refractivity contribution is -0.140. The Bertz CT molecular complexity index is 632. The van der Waals surface area contributed by atoms with Gasteiger partial charge < -0.3 is 4.90 Å². The van der Waals surface area contributed by atoms with Crippen LogP contribution >= 0.6 is 0 Å². The Hall–Kier alpha value is -2.15. The largest absolute Gasteiger partial charge is 0.419 e. The molecule has 7 heteroatoms. The molecule has 0 aromatic heterocycles. The van der Waals surface area contributed by atoms with Gasteiger partial charge in [0.2, 0.25) is 5.91 Å². The van der Waals surface area contributed by atoms with Crippen molar-refractivity contribution in [3.63, 3.8) is 0 Å². The number of alkyl halides is 3. The number of amides is 1. The van der Waals surface area contributed by atoms with Crippen LogP contribution in [0.25, 0.3) is 6.08 Å². The Kier molecular flexibility index (Phi) is 5.77. The first kappa shape index (κ1) is 18.2. The molecule has 0 saturated carbocycles. The molecule has 0 aliphatic carbocycles. The number of carbonyl (C=O) groups excluding carboxylic acids is 1. The summed E-state index contributed by atoms with van der Waals surface area (Å²) in [6.07, 6.45) is -0.479. The number of carbonyl (C=O) groups is 1. The van der Waals surface area contributed by atoms with Gasteiger partial charge in [0.25, 0.3) is 0 Å². The molecule has 1 saturated heterocycles. The Morgan fingerprint density at radius 3 is 2.46 bits per heavy atom. The molecule has 1 amide bonds. The Labute approximate surface area is 137 Å². The fourth-order valence-electron chi connectivity index (χ4n) is 2.47. The van der Waals surface area contributed by atoms with Gasteiger partial charge in [-0.05, 0) is 23.8 Å². The molecule has 1 fully saturated rings. The summed E-state index contributed by atoms with van der Waals surface area (Å²) < 4.78 is 51.2. The first-order valence-corrected chi connectivity index (χ1v) is 7.48. The molecule has 130 valence electrons. The molecule has 0 radical (unpaired) electrons. The highest BCUT2D eigenvalue weighted by molar-refractivity contribution is 5.91. The highest BCUT2D eigenvalue weighted by Crippen LogP contribution is 2.32. The van der Waals surface area contributed by atoms with Crippen LogP contribution in [0.4, 0.5) is 17.6 Å². The molecular formula is C17H18F4N2O. The van der Waals surface area contributed by atoms with Crippen molar-refractivity contribution in [1.82, 2.24) is 9.80 Å². The number of nitrogens with zero attached hydrogens (tertiary/aromatic N) is 2. The molecule has 0 N–H and O–H groups in total. The first-order chi connectivity index (χ1) is 11.3. The average Bonchev–Trinajstić information content (AvgIpc) is 2.53. The van der Waals surface area contributed by atoms with Gasteiger partial charge in [-0.2, -0.15) is 13.2 Å². The molecule has 1 aromatic carbocycles. The second-order valence-corrected chi connectivity index (χ2v) is 5.48. The van der Waals surface area contributed by atoms with Gasteiger partial charge in [-0.1, -0.05) is 12.1 Å². The van der Waals surface area contributed by atoms with Crippen LogP contribution in [0, 0.1) is 5.82 Å². The van der Waals surface area contributed by atoms with Gasteiger partial charge in [-0.3, -0.25) is 9.69 Å². The SMILES string of the molecule is C=CCN1CCN(C(=O)C=Cc2ccc(F)c(C(F)(F)F)c2)CC1. The van der Waals surface area contributed by atoms with Gasteiger partial charge in [-0.15, -0.1) is 6.58 Å². The smallest absolute Gasteiger partial charge is 0.337 e. The van der Waals surface area contributed by atoms with E-state index in [0.717, 1.165) is 25.7 Å². The van der Waals surface area contributed by atoms with E-state index in [1.807, 2.05) is 0 Å². The molecule has 2 rings (SSSR count). The van der Waals surface area contributed by atoms with Gasteiger partial charge in [0.15, 0.2) is 0 Å². The van der Waals surface area contributed by atoms with Crippen LogP contribution in [0.3, 0.4) is 0 Å². The van der Waals surface area contributed by atoms with Gasteiger partial charge in [-0.25, -0.2) is 4.39 Å². The Balaban J connectivity index is 2.01. The Morgan fingerprint density at radius 1 is 1.21 bits per heavy atom. The maximum absolute atomic E-state index is 13.2. The number of halogens is 4. The summed E-state index contributed by atoms with van der Waals surface area (Å²) in [4.78, 5) is 15.9. The van der Waals surface area contributed by atoms with Gasteiger partial charge in [0.05, 0.1) is 5.56 Å². The van der Waals surface area contributed by atoms with Crippen molar-refractivity contribution < 1.29 is 22.4 Å². The Morgan fingerprint density at radius 2 is 1.88 bits per heavy atom. The summed E-state index contributed by atoms with van der Waals surface area (Å²) in [6.45, 7) is 6.96. The minimum absolute atomic E-state index is 0.127. The zero-order valence-electron chi connectivity index (χ0n) is 13.0. The number of rotatable bonds is 4. The monoisotopic (exact) mass is 342 g/mol. The molecule has 3 nitrogen and oxygen atoms in total. The number of hydrogen-bond acceptors (Lipinski definition) is 2. The van der Waals surface area contributed by atoms with Crippen molar-refractivity contribution in [2.24, 2.45) is 0 Å². The highest BCUT2D eigenvalue weighted by Gasteiger charge is 2.34. The normalized spacial score (nSPS) is 16.6. The maximum Gasteiger partial charge on any atom is 0.419 e. The van der Waals surface area contributed by atoms with E-state index in [9.17, 15) is 22.4 Å². The summed E-state index contributed by atoms with van der Waals surface area (Å²) in [5, 5.41) is 0. The molecule has 24 heavy (non-hydrogen) atoms. The molecule has 0 bridgehead atoms. The lowest BCUT2D eigenvalue weighted by Gasteiger charge is -2.33. The van der Waals surface area contributed by atoms with Crippen molar-refractivity contribution in [2.75, 3.05) is 32.7 Å². The summed E-state index contributed by atoms with van der Waals surface area (Å²) in [6, 6.07) is 2.65. The minimum Gasteiger partial charge on any atom is -0.337 e. The number of benzene rings is 1. The standard InChI is InChI=1S/C17H18F4N2O/c1-2-7-22-8-10-23(11-9-22)16(24)6-4-13-3-5-15(18)14(12-13)17(19,20)21/h2-6,12H,1,7-11H2. The third-order valence-corrected chi connectivity index (χ3v) is 3.79. The van der Waals surface area contributed by atoms with E-state index < -0.39 is 17.6 Å². The predicted octanol–water partition coefficient (Wildman–Crippen LogP) is 3.19. The third kappa shape index (κ3) is 4.67. The number of hydrogen-bond donors (Lipinski definition) is 0. The van der Waals surface area contributed by atoms with Crippen LogP contribution < -0.4 is 0 Å². The van der Waals surface area contributed by atoms with Crippen molar-refractivity contribution in [3.05, 3.63) is 53.9 Å². The lowest BCUT2D eigenvalue weighted by atomic mass is 10.1. The zero-order chi connectivity index (χ0) is 17.7. The second-order valence-electron chi connectivity index (χ2n) is 5.48. The first-order valence-electron chi connectivity index (χ1n) is 7.48. The van der Waals surface area contributed by atoms with E-state index in [4.69, 9.17) is 0 Å². The molecule has 0 spiro atoms. The van der Waals surface area contributed by atoms with Crippen LogP contribution in [0.1, 0.15) is 11.1 Å². The summed E-state index contributed by atoms with van der Waals surface area (Å²) in [7, 11) is 0.